The minimum Gasteiger partial charge on any atom is -0.493 e. The molecule has 2 aromatic rings. The summed E-state index contributed by atoms with van der Waals surface area (Å²) in [7, 11) is 0. The first-order chi connectivity index (χ1) is 11.5. The highest BCUT2D eigenvalue weighted by Crippen LogP contribution is 2.33. The van der Waals surface area contributed by atoms with Crippen molar-refractivity contribution in [3.8, 4) is 5.75 Å². The summed E-state index contributed by atoms with van der Waals surface area (Å²) in [5, 5.41) is 2.59. The molecule has 1 N–H and O–H groups in total. The molecule has 0 aliphatic carbocycles. The monoisotopic (exact) mass is 336 g/mol. The fraction of sp³-hybridized carbons (Fsp3) is 0.294. The van der Waals surface area contributed by atoms with Gasteiger partial charge < -0.3 is 10.1 Å². The number of halogens is 3. The van der Waals surface area contributed by atoms with Crippen LogP contribution in [-0.2, 0) is 6.18 Å². The molecule has 0 radical (unpaired) electrons. The van der Waals surface area contributed by atoms with Crippen molar-refractivity contribution >= 4 is 5.91 Å². The predicted molar refractivity (Wildman–Crippen MR) is 80.9 cm³/mol. The third kappa shape index (κ3) is 3.34. The van der Waals surface area contributed by atoms with E-state index in [-0.39, 0.29) is 12.5 Å². The van der Waals surface area contributed by atoms with Crippen LogP contribution in [0.3, 0.4) is 0 Å². The maximum atomic E-state index is 12.9. The molecule has 2 heterocycles. The Kier molecular flexibility index (Phi) is 4.42. The SMILES string of the molecule is O=C(NCC1CCOc2ccccc21)c1cccnc1C(F)(F)F. The van der Waals surface area contributed by atoms with Crippen LogP contribution < -0.4 is 10.1 Å². The largest absolute Gasteiger partial charge is 0.493 e. The van der Waals surface area contributed by atoms with Gasteiger partial charge in [0, 0.05) is 18.7 Å². The van der Waals surface area contributed by atoms with Crippen LogP contribution in [-0.4, -0.2) is 24.0 Å². The number of nitrogens with zero attached hydrogens (tertiary/aromatic N) is 1. The van der Waals surface area contributed by atoms with Gasteiger partial charge in [0.05, 0.1) is 12.2 Å². The minimum atomic E-state index is -4.67. The van der Waals surface area contributed by atoms with Crippen molar-refractivity contribution < 1.29 is 22.7 Å². The molecule has 1 amide bonds. The maximum Gasteiger partial charge on any atom is 0.434 e. The molecule has 1 atom stereocenters. The number of alkyl halides is 3. The van der Waals surface area contributed by atoms with Gasteiger partial charge >= 0.3 is 6.18 Å². The Hall–Kier alpha value is -2.57. The fourth-order valence-electron chi connectivity index (χ4n) is 2.75. The average Bonchev–Trinajstić information content (AvgIpc) is 2.59. The van der Waals surface area contributed by atoms with E-state index in [0.29, 0.717) is 13.0 Å². The molecule has 4 nitrogen and oxygen atoms in total. The zero-order valence-corrected chi connectivity index (χ0v) is 12.6. The molecule has 1 aromatic heterocycles. The number of carbonyl (C=O) groups is 1. The first kappa shape index (κ1) is 16.3. The lowest BCUT2D eigenvalue weighted by atomic mass is 9.93. The molecule has 0 saturated carbocycles. The van der Waals surface area contributed by atoms with E-state index in [0.717, 1.165) is 23.6 Å². The molecule has 1 unspecified atom stereocenters. The number of carbonyl (C=O) groups excluding carboxylic acids is 1. The summed E-state index contributed by atoms with van der Waals surface area (Å²) in [4.78, 5) is 15.5. The van der Waals surface area contributed by atoms with Crippen LogP contribution in [0.1, 0.15) is 34.0 Å². The van der Waals surface area contributed by atoms with Crippen molar-refractivity contribution in [2.75, 3.05) is 13.2 Å². The Balaban J connectivity index is 1.74. The summed E-state index contributed by atoms with van der Waals surface area (Å²) in [5.74, 6) is -0.0235. The highest BCUT2D eigenvalue weighted by Gasteiger charge is 2.37. The number of ether oxygens (including phenoxy) is 1. The second kappa shape index (κ2) is 6.51. The van der Waals surface area contributed by atoms with E-state index in [2.05, 4.69) is 10.3 Å². The van der Waals surface area contributed by atoms with E-state index in [1.165, 1.54) is 6.07 Å². The maximum absolute atomic E-state index is 12.9. The number of fused-ring (bicyclic) bond motifs is 1. The number of hydrogen-bond donors (Lipinski definition) is 1. The van der Waals surface area contributed by atoms with Crippen LogP contribution in [0.4, 0.5) is 13.2 Å². The van der Waals surface area contributed by atoms with Crippen molar-refractivity contribution in [1.29, 1.82) is 0 Å². The zero-order valence-electron chi connectivity index (χ0n) is 12.6. The van der Waals surface area contributed by atoms with Crippen molar-refractivity contribution in [3.05, 3.63) is 59.4 Å². The number of amides is 1. The molecule has 1 aliphatic rings. The lowest BCUT2D eigenvalue weighted by Crippen LogP contribution is -2.32. The number of aromatic nitrogens is 1. The van der Waals surface area contributed by atoms with Crippen LogP contribution in [0.15, 0.2) is 42.6 Å². The molecule has 24 heavy (non-hydrogen) atoms. The first-order valence-corrected chi connectivity index (χ1v) is 7.49. The molecule has 1 aliphatic heterocycles. The summed E-state index contributed by atoms with van der Waals surface area (Å²) in [6.45, 7) is 0.754. The molecule has 3 rings (SSSR count). The van der Waals surface area contributed by atoms with Crippen LogP contribution in [0.25, 0.3) is 0 Å². The Morgan fingerprint density at radius 1 is 1.25 bits per heavy atom. The lowest BCUT2D eigenvalue weighted by Gasteiger charge is -2.26. The van der Waals surface area contributed by atoms with Gasteiger partial charge in [-0.1, -0.05) is 18.2 Å². The van der Waals surface area contributed by atoms with Crippen molar-refractivity contribution in [3.63, 3.8) is 0 Å². The smallest absolute Gasteiger partial charge is 0.434 e. The van der Waals surface area contributed by atoms with Gasteiger partial charge in [0.2, 0.25) is 0 Å². The fourth-order valence-corrected chi connectivity index (χ4v) is 2.75. The number of hydrogen-bond acceptors (Lipinski definition) is 3. The second-order valence-electron chi connectivity index (χ2n) is 5.48. The number of pyridine rings is 1. The van der Waals surface area contributed by atoms with E-state index in [4.69, 9.17) is 4.74 Å². The molecule has 0 spiro atoms. The summed E-state index contributed by atoms with van der Waals surface area (Å²) < 4.78 is 44.4. The number of para-hydroxylation sites is 1. The minimum absolute atomic E-state index is 0.00454. The van der Waals surface area contributed by atoms with Gasteiger partial charge in [0.15, 0.2) is 5.69 Å². The Morgan fingerprint density at radius 3 is 2.83 bits per heavy atom. The van der Waals surface area contributed by atoms with Gasteiger partial charge in [0.25, 0.3) is 5.91 Å². The quantitative estimate of drug-likeness (QED) is 0.935. The van der Waals surface area contributed by atoms with Crippen LogP contribution in [0.5, 0.6) is 5.75 Å². The van der Waals surface area contributed by atoms with E-state index in [1.807, 2.05) is 24.3 Å². The number of rotatable bonds is 3. The summed E-state index contributed by atoms with van der Waals surface area (Å²) in [6, 6.07) is 9.90. The number of nitrogens with one attached hydrogen (secondary N) is 1. The number of benzene rings is 1. The molecular formula is C17H15F3N2O2. The van der Waals surface area contributed by atoms with Crippen molar-refractivity contribution in [2.24, 2.45) is 0 Å². The van der Waals surface area contributed by atoms with Crippen LogP contribution in [0.2, 0.25) is 0 Å². The summed E-state index contributed by atoms with van der Waals surface area (Å²) >= 11 is 0. The Labute approximate surface area is 136 Å². The molecule has 0 fully saturated rings. The molecule has 1 aromatic carbocycles. The normalized spacial score (nSPS) is 16.9. The van der Waals surface area contributed by atoms with Crippen LogP contribution >= 0.6 is 0 Å². The van der Waals surface area contributed by atoms with Gasteiger partial charge in [-0.05, 0) is 30.2 Å². The summed E-state index contributed by atoms with van der Waals surface area (Å²) in [6.07, 6.45) is -2.95. The molecule has 0 saturated heterocycles. The highest BCUT2D eigenvalue weighted by atomic mass is 19.4. The van der Waals surface area contributed by atoms with Crippen molar-refractivity contribution in [2.45, 2.75) is 18.5 Å². The van der Waals surface area contributed by atoms with Gasteiger partial charge in [0.1, 0.15) is 5.75 Å². The van der Waals surface area contributed by atoms with E-state index >= 15 is 0 Å². The van der Waals surface area contributed by atoms with Gasteiger partial charge in [-0.25, -0.2) is 0 Å². The molecule has 7 heteroatoms. The highest BCUT2D eigenvalue weighted by molar-refractivity contribution is 5.95. The van der Waals surface area contributed by atoms with E-state index < -0.39 is 23.3 Å². The zero-order chi connectivity index (χ0) is 17.2. The standard InChI is InChI=1S/C17H15F3N2O2/c18-17(19,20)15-13(5-3-8-21-15)16(23)22-10-11-7-9-24-14-6-2-1-4-12(11)14/h1-6,8,11H,7,9-10H2,(H,22,23). The summed E-state index contributed by atoms with van der Waals surface area (Å²) in [5.41, 5.74) is -0.688. The van der Waals surface area contributed by atoms with Crippen LogP contribution in [0, 0.1) is 0 Å². The second-order valence-corrected chi connectivity index (χ2v) is 5.48. The third-order valence-corrected chi connectivity index (χ3v) is 3.91. The Morgan fingerprint density at radius 2 is 2.04 bits per heavy atom. The molecular weight excluding hydrogens is 321 g/mol. The third-order valence-electron chi connectivity index (χ3n) is 3.91. The molecule has 126 valence electrons. The van der Waals surface area contributed by atoms with Gasteiger partial charge in [-0.3, -0.25) is 9.78 Å². The predicted octanol–water partition coefficient (Wildman–Crippen LogP) is 3.40. The Bertz CT molecular complexity index is 747. The van der Waals surface area contributed by atoms with E-state index in [1.54, 1.807) is 0 Å². The van der Waals surface area contributed by atoms with Gasteiger partial charge in [-0.15, -0.1) is 0 Å². The van der Waals surface area contributed by atoms with E-state index in [9.17, 15) is 18.0 Å². The van der Waals surface area contributed by atoms with Crippen molar-refractivity contribution in [1.82, 2.24) is 10.3 Å². The first-order valence-electron chi connectivity index (χ1n) is 7.49. The molecule has 0 bridgehead atoms. The topological polar surface area (TPSA) is 51.2 Å². The average molecular weight is 336 g/mol. The van der Waals surface area contributed by atoms with Gasteiger partial charge in [-0.2, -0.15) is 13.2 Å². The lowest BCUT2D eigenvalue weighted by molar-refractivity contribution is -0.141.